The number of nitrogens with one attached hydrogen (secondary N) is 2. The second-order valence-corrected chi connectivity index (χ2v) is 7.10. The van der Waals surface area contributed by atoms with Gasteiger partial charge in [-0.25, -0.2) is 0 Å². The highest BCUT2D eigenvalue weighted by molar-refractivity contribution is 7.12. The number of nitrogens with zero attached hydrogens (tertiary/aromatic N) is 1. The van der Waals surface area contributed by atoms with E-state index in [4.69, 9.17) is 5.41 Å². The van der Waals surface area contributed by atoms with E-state index in [1.54, 1.807) is 11.3 Å². The highest BCUT2D eigenvalue weighted by atomic mass is 32.1. The number of likely N-dealkylation sites (N-methyl/N-ethyl adjacent to an activating group) is 1. The zero-order chi connectivity index (χ0) is 17.5. The molecule has 0 unspecified atom stereocenters. The molecule has 128 valence electrons. The zero-order valence-electron chi connectivity index (χ0n) is 14.4. The topological polar surface area (TPSA) is 39.1 Å². The van der Waals surface area contributed by atoms with Crippen molar-refractivity contribution in [1.82, 2.24) is 4.90 Å². The zero-order valence-corrected chi connectivity index (χ0v) is 15.2. The van der Waals surface area contributed by atoms with Crippen molar-refractivity contribution in [2.24, 2.45) is 0 Å². The molecule has 2 aromatic carbocycles. The van der Waals surface area contributed by atoms with Gasteiger partial charge >= 0.3 is 0 Å². The Morgan fingerprint density at radius 2 is 1.80 bits per heavy atom. The molecule has 3 aromatic rings. The van der Waals surface area contributed by atoms with Crippen LogP contribution in [0.1, 0.15) is 16.0 Å². The summed E-state index contributed by atoms with van der Waals surface area (Å²) in [7, 11) is 2.15. The van der Waals surface area contributed by atoms with Gasteiger partial charge in [0.15, 0.2) is 0 Å². The molecule has 3 rings (SSSR count). The highest BCUT2D eigenvalue weighted by Gasteiger charge is 2.05. The first-order chi connectivity index (χ1) is 12.2. The first-order valence-electron chi connectivity index (χ1n) is 8.41. The average Bonchev–Trinajstić information content (AvgIpc) is 3.16. The van der Waals surface area contributed by atoms with Crippen molar-refractivity contribution in [2.45, 2.75) is 13.0 Å². The van der Waals surface area contributed by atoms with Crippen LogP contribution in [0, 0.1) is 5.41 Å². The van der Waals surface area contributed by atoms with Gasteiger partial charge < -0.3 is 10.2 Å². The number of amidine groups is 1. The lowest BCUT2D eigenvalue weighted by molar-refractivity contribution is 0.331. The molecule has 0 fully saturated rings. The molecular weight excluding hydrogens is 326 g/mol. The molecule has 2 N–H and O–H groups in total. The average molecular weight is 350 g/mol. The monoisotopic (exact) mass is 349 g/mol. The van der Waals surface area contributed by atoms with E-state index in [0.717, 1.165) is 30.1 Å². The molecule has 0 atom stereocenters. The number of thiophene rings is 1. The maximum absolute atomic E-state index is 8.15. The smallest absolute Gasteiger partial charge is 0.140 e. The molecule has 0 aliphatic heterocycles. The molecular formula is C21H23N3S. The minimum absolute atomic E-state index is 0.449. The Bertz CT molecular complexity index is 797. The molecule has 1 heterocycles. The van der Waals surface area contributed by atoms with Gasteiger partial charge in [-0.2, -0.15) is 0 Å². The van der Waals surface area contributed by atoms with Crippen molar-refractivity contribution in [2.75, 3.05) is 18.9 Å². The summed E-state index contributed by atoms with van der Waals surface area (Å²) in [5.41, 5.74) is 3.58. The van der Waals surface area contributed by atoms with Crippen molar-refractivity contribution in [3.05, 3.63) is 88.1 Å². The van der Waals surface area contributed by atoms with E-state index in [9.17, 15) is 0 Å². The summed E-state index contributed by atoms with van der Waals surface area (Å²) in [4.78, 5) is 3.28. The third-order valence-corrected chi connectivity index (χ3v) is 4.93. The first-order valence-corrected chi connectivity index (χ1v) is 9.29. The predicted octanol–water partition coefficient (Wildman–Crippen LogP) is 4.86. The van der Waals surface area contributed by atoms with Crippen molar-refractivity contribution in [3.8, 4) is 0 Å². The minimum Gasteiger partial charge on any atom is -0.340 e. The quantitative estimate of drug-likeness (QED) is 0.472. The Morgan fingerprint density at radius 1 is 1.00 bits per heavy atom. The lowest BCUT2D eigenvalue weighted by atomic mass is 10.1. The molecule has 0 saturated heterocycles. The fraction of sp³-hybridized carbons (Fsp3) is 0.190. The fourth-order valence-corrected chi connectivity index (χ4v) is 3.36. The van der Waals surface area contributed by atoms with Crippen molar-refractivity contribution < 1.29 is 0 Å². The van der Waals surface area contributed by atoms with Crippen molar-refractivity contribution in [1.29, 1.82) is 5.41 Å². The van der Waals surface area contributed by atoms with Crippen LogP contribution in [-0.2, 0) is 13.0 Å². The molecule has 4 heteroatoms. The van der Waals surface area contributed by atoms with Crippen LogP contribution in [-0.4, -0.2) is 24.3 Å². The molecule has 0 saturated carbocycles. The van der Waals surface area contributed by atoms with Gasteiger partial charge in [-0.3, -0.25) is 5.41 Å². The first kappa shape index (κ1) is 17.4. The van der Waals surface area contributed by atoms with Crippen molar-refractivity contribution >= 4 is 22.9 Å². The van der Waals surface area contributed by atoms with E-state index in [1.165, 1.54) is 11.1 Å². The van der Waals surface area contributed by atoms with Gasteiger partial charge in [0, 0.05) is 18.8 Å². The third kappa shape index (κ3) is 5.28. The number of rotatable bonds is 7. The summed E-state index contributed by atoms with van der Waals surface area (Å²) in [6.45, 7) is 1.92. The van der Waals surface area contributed by atoms with Crippen LogP contribution in [0.15, 0.2) is 72.1 Å². The van der Waals surface area contributed by atoms with Crippen LogP contribution in [0.2, 0.25) is 0 Å². The van der Waals surface area contributed by atoms with Crippen LogP contribution < -0.4 is 5.32 Å². The van der Waals surface area contributed by atoms with Crippen LogP contribution in [0.25, 0.3) is 0 Å². The van der Waals surface area contributed by atoms with E-state index in [0.29, 0.717) is 5.84 Å². The van der Waals surface area contributed by atoms with Gasteiger partial charge in [-0.1, -0.05) is 48.5 Å². The van der Waals surface area contributed by atoms with Gasteiger partial charge in [0.2, 0.25) is 0 Å². The summed E-state index contributed by atoms with van der Waals surface area (Å²) in [5.74, 6) is 0.449. The summed E-state index contributed by atoms with van der Waals surface area (Å²) < 4.78 is 0. The van der Waals surface area contributed by atoms with Gasteiger partial charge in [0.05, 0.1) is 4.88 Å². The number of benzene rings is 2. The molecule has 0 aliphatic carbocycles. The summed E-state index contributed by atoms with van der Waals surface area (Å²) in [6.07, 6.45) is 1.05. The van der Waals surface area contributed by atoms with Crippen LogP contribution >= 0.6 is 11.3 Å². The lowest BCUT2D eigenvalue weighted by Crippen LogP contribution is -2.20. The standard InChI is InChI=1S/C21H23N3S/c1-24(13-12-17-7-3-2-4-8-17)16-18-9-5-10-19(15-18)23-21(22)20-11-6-14-25-20/h2-11,14-15H,12-13,16H2,1H3,(H2,22,23). The fourth-order valence-electron chi connectivity index (χ4n) is 2.73. The summed E-state index contributed by atoms with van der Waals surface area (Å²) in [6, 6.07) is 22.8. The number of anilines is 1. The van der Waals surface area contributed by atoms with Crippen molar-refractivity contribution in [3.63, 3.8) is 0 Å². The third-order valence-electron chi connectivity index (χ3n) is 4.04. The molecule has 0 spiro atoms. The van der Waals surface area contributed by atoms with Crippen LogP contribution in [0.4, 0.5) is 5.69 Å². The highest BCUT2D eigenvalue weighted by Crippen LogP contribution is 2.16. The minimum atomic E-state index is 0.449. The summed E-state index contributed by atoms with van der Waals surface area (Å²) >= 11 is 1.57. The van der Waals surface area contributed by atoms with Crippen LogP contribution in [0.3, 0.4) is 0 Å². The molecule has 0 radical (unpaired) electrons. The van der Waals surface area contributed by atoms with Gasteiger partial charge in [0.25, 0.3) is 0 Å². The summed E-state index contributed by atoms with van der Waals surface area (Å²) in [5, 5.41) is 13.3. The largest absolute Gasteiger partial charge is 0.340 e. The second-order valence-electron chi connectivity index (χ2n) is 6.15. The molecule has 0 aliphatic rings. The number of hydrogen-bond acceptors (Lipinski definition) is 3. The molecule has 0 bridgehead atoms. The Morgan fingerprint density at radius 3 is 2.56 bits per heavy atom. The van der Waals surface area contributed by atoms with E-state index >= 15 is 0 Å². The van der Waals surface area contributed by atoms with E-state index in [2.05, 4.69) is 59.7 Å². The molecule has 1 aromatic heterocycles. The maximum Gasteiger partial charge on any atom is 0.140 e. The van der Waals surface area contributed by atoms with Gasteiger partial charge in [-0.05, 0) is 48.2 Å². The number of hydrogen-bond donors (Lipinski definition) is 2. The van der Waals surface area contributed by atoms with E-state index in [-0.39, 0.29) is 0 Å². The molecule has 3 nitrogen and oxygen atoms in total. The Balaban J connectivity index is 1.55. The Hall–Kier alpha value is -2.43. The predicted molar refractivity (Wildman–Crippen MR) is 108 cm³/mol. The van der Waals surface area contributed by atoms with Crippen LogP contribution in [0.5, 0.6) is 0 Å². The molecule has 0 amide bonds. The van der Waals surface area contributed by atoms with Gasteiger partial charge in [0.1, 0.15) is 5.84 Å². The molecule has 25 heavy (non-hydrogen) atoms. The van der Waals surface area contributed by atoms with E-state index in [1.807, 2.05) is 29.6 Å². The lowest BCUT2D eigenvalue weighted by Gasteiger charge is -2.17. The maximum atomic E-state index is 8.15. The van der Waals surface area contributed by atoms with E-state index < -0.39 is 0 Å². The normalized spacial score (nSPS) is 10.8. The Labute approximate surface area is 153 Å². The SMILES string of the molecule is CN(CCc1ccccc1)Cc1cccc(NC(=N)c2cccs2)c1. The Kier molecular flexibility index (Phi) is 5.99. The second kappa shape index (κ2) is 8.60. The van der Waals surface area contributed by atoms with Gasteiger partial charge in [-0.15, -0.1) is 11.3 Å².